The van der Waals surface area contributed by atoms with Gasteiger partial charge in [-0.2, -0.15) is 0 Å². The molecule has 0 unspecified atom stereocenters. The Kier molecular flexibility index (Phi) is 15.2. The number of nitrogens with zero attached hydrogens (tertiary/aromatic N) is 3. The summed E-state index contributed by atoms with van der Waals surface area (Å²) in [5, 5.41) is 9.43. The summed E-state index contributed by atoms with van der Waals surface area (Å²) >= 11 is 0. The number of anilines is 6. The topological polar surface area (TPSA) is 24.6 Å². The molecule has 2 aromatic heterocycles. The molecule has 526 valence electrons. The van der Waals surface area contributed by atoms with Crippen LogP contribution in [0.1, 0.15) is 52.7 Å². The first-order chi connectivity index (χ1) is 54.4. The molecule has 0 N–H and O–H groups in total. The van der Waals surface area contributed by atoms with Gasteiger partial charge >= 0.3 is 0 Å². The molecule has 0 atom stereocenters. The van der Waals surface area contributed by atoms with Crippen molar-refractivity contribution >= 4 is 123 Å². The number of benzene rings is 17. The summed E-state index contributed by atoms with van der Waals surface area (Å²) in [6.07, 6.45) is 0. The third-order valence-electron chi connectivity index (χ3n) is 23.6. The van der Waals surface area contributed by atoms with Gasteiger partial charge in [-0.05, 0) is 194 Å². The van der Waals surface area contributed by atoms with Crippen LogP contribution in [0.15, 0.2) is 368 Å². The Bertz CT molecular complexity index is 6730. The van der Waals surface area contributed by atoms with E-state index in [1.54, 1.807) is 0 Å². The van der Waals surface area contributed by atoms with Gasteiger partial charge in [-0.1, -0.05) is 327 Å². The zero-order valence-corrected chi connectivity index (χ0v) is 63.0. The van der Waals surface area contributed by atoms with E-state index >= 15 is 0 Å². The summed E-state index contributed by atoms with van der Waals surface area (Å²) < 4.78 is 9.33. The molecule has 0 radical (unpaired) electrons. The number of para-hydroxylation sites is 3. The molecule has 4 nitrogen and oxygen atoms in total. The zero-order chi connectivity index (χ0) is 74.4. The van der Waals surface area contributed by atoms with Crippen LogP contribution in [0.3, 0.4) is 0 Å². The van der Waals surface area contributed by atoms with Crippen molar-refractivity contribution in [2.45, 2.75) is 52.4 Å². The lowest BCUT2D eigenvalue weighted by atomic mass is 9.33. The van der Waals surface area contributed by atoms with Gasteiger partial charge < -0.3 is 18.8 Å². The predicted octanol–water partition coefficient (Wildman–Crippen LogP) is 27.3. The quantitative estimate of drug-likeness (QED) is 0.101. The molecule has 0 bridgehead atoms. The minimum atomic E-state index is -0.332. The molecule has 0 aliphatic carbocycles. The maximum Gasteiger partial charge on any atom is 0.252 e. The van der Waals surface area contributed by atoms with Crippen LogP contribution in [0.25, 0.3) is 149 Å². The minimum Gasteiger partial charge on any atom is -0.456 e. The number of aromatic nitrogens is 1. The van der Waals surface area contributed by atoms with Gasteiger partial charge in [0, 0.05) is 66.5 Å². The van der Waals surface area contributed by atoms with Crippen molar-refractivity contribution in [1.82, 2.24) is 4.57 Å². The van der Waals surface area contributed by atoms with Crippen molar-refractivity contribution in [2.24, 2.45) is 0 Å². The molecule has 21 rings (SSSR count). The Morgan fingerprint density at radius 3 is 1.09 bits per heavy atom. The molecular weight excluding hydrogens is 1340 g/mol. The summed E-state index contributed by atoms with van der Waals surface area (Å²) in [6, 6.07) is 137. The Balaban J connectivity index is 0.968. The summed E-state index contributed by atoms with van der Waals surface area (Å²) in [4.78, 5) is 5.45. The van der Waals surface area contributed by atoms with Crippen molar-refractivity contribution in [1.29, 1.82) is 0 Å². The fourth-order valence-electron chi connectivity index (χ4n) is 18.4. The van der Waals surface area contributed by atoms with Gasteiger partial charge in [0.05, 0.1) is 28.1 Å². The lowest BCUT2D eigenvalue weighted by molar-refractivity contribution is 0.590. The SMILES string of the molecule is CC(C)(C)c1cc(-c2ccccc2)c(N2c3ccc(-c4ccc5c(c4)oc4ccccc45)cc3B3c4ccc(-c5c6ccccc6c(-c6ccccc6)c6ccccc56)cc4N(c4c(-c5ccccc5)cc(C(C)(C)C)cc4-c4ccccc4)c4cc(-n5c6ccccc6c6ccccc65)cc2c43)c(-c2ccccc2)c1. The van der Waals surface area contributed by atoms with Crippen LogP contribution in [-0.4, -0.2) is 11.3 Å². The van der Waals surface area contributed by atoms with Gasteiger partial charge in [0.2, 0.25) is 0 Å². The number of rotatable bonds is 10. The lowest BCUT2D eigenvalue weighted by Gasteiger charge is -2.46. The molecule has 2 aliphatic heterocycles. The molecular formula is C106H78BN3O. The standard InChI is InChI=1S/C106H78BN3O/c1-105(2,3)75-61-86(67-32-12-7-13-33-67)103(87(62-75)68-34-14-8-15-35-68)109-94-57-54-72(73-52-55-81-80-44-28-31-51-98(80)111-99(81)60-73)58-91(94)107-90-56-53-74(101-84-47-24-22-45-82(84)100(71-40-20-11-21-41-71)83-46-23-25-48-85(83)101)59-95(90)110(97-66-77(65-96(109)102(97)107)108-92-49-29-26-42-78(92)79-43-27-30-50-93(79)108)104-88(69-36-16-9-17-37-69)63-76(106(4,5)6)64-89(104)70-38-18-10-19-39-70/h7-66H,1-6H3. The molecule has 0 amide bonds. The highest BCUT2D eigenvalue weighted by molar-refractivity contribution is 7.00. The Morgan fingerprint density at radius 1 is 0.252 bits per heavy atom. The van der Waals surface area contributed by atoms with E-state index in [4.69, 9.17) is 4.42 Å². The third-order valence-corrected chi connectivity index (χ3v) is 23.6. The molecule has 19 aromatic rings. The summed E-state index contributed by atoms with van der Waals surface area (Å²) in [5.74, 6) is 0. The van der Waals surface area contributed by atoms with Crippen LogP contribution >= 0.6 is 0 Å². The van der Waals surface area contributed by atoms with E-state index in [0.717, 1.165) is 134 Å². The molecule has 5 heteroatoms. The Morgan fingerprint density at radius 2 is 0.622 bits per heavy atom. The van der Waals surface area contributed by atoms with E-state index in [0.29, 0.717) is 0 Å². The van der Waals surface area contributed by atoms with Crippen LogP contribution < -0.4 is 26.2 Å². The monoisotopic (exact) mass is 1420 g/mol. The second-order valence-electron chi connectivity index (χ2n) is 32.2. The summed E-state index contributed by atoms with van der Waals surface area (Å²) in [7, 11) is 0. The first kappa shape index (κ1) is 65.8. The highest BCUT2D eigenvalue weighted by Crippen LogP contribution is 2.57. The maximum atomic E-state index is 6.78. The van der Waals surface area contributed by atoms with Gasteiger partial charge in [0.25, 0.3) is 6.71 Å². The average molecular weight is 1420 g/mol. The Labute approximate surface area is 648 Å². The second-order valence-corrected chi connectivity index (χ2v) is 32.2. The largest absolute Gasteiger partial charge is 0.456 e. The maximum absolute atomic E-state index is 6.78. The van der Waals surface area contributed by atoms with E-state index in [-0.39, 0.29) is 17.5 Å². The fraction of sp³-hybridized carbons (Fsp3) is 0.0755. The van der Waals surface area contributed by atoms with E-state index in [1.807, 2.05) is 0 Å². The molecule has 111 heavy (non-hydrogen) atoms. The van der Waals surface area contributed by atoms with Crippen molar-refractivity contribution in [3.63, 3.8) is 0 Å². The van der Waals surface area contributed by atoms with E-state index < -0.39 is 0 Å². The highest BCUT2D eigenvalue weighted by atomic mass is 16.3. The van der Waals surface area contributed by atoms with Crippen LogP contribution in [-0.2, 0) is 10.8 Å². The van der Waals surface area contributed by atoms with Crippen LogP contribution in [0.2, 0.25) is 0 Å². The van der Waals surface area contributed by atoms with Gasteiger partial charge in [-0.15, -0.1) is 0 Å². The first-order valence-corrected chi connectivity index (χ1v) is 38.9. The number of hydrogen-bond acceptors (Lipinski definition) is 3. The van der Waals surface area contributed by atoms with Gasteiger partial charge in [0.15, 0.2) is 0 Å². The number of hydrogen-bond donors (Lipinski definition) is 0. The average Bonchev–Trinajstić information content (AvgIpc) is 1.63. The second kappa shape index (κ2) is 25.6. The molecule has 0 saturated heterocycles. The molecule has 4 heterocycles. The lowest BCUT2D eigenvalue weighted by Crippen LogP contribution is -2.61. The van der Waals surface area contributed by atoms with Crippen molar-refractivity contribution in [3.8, 4) is 83.6 Å². The molecule has 2 aliphatic rings. The van der Waals surface area contributed by atoms with Crippen LogP contribution in [0.4, 0.5) is 34.1 Å². The number of fused-ring (bicyclic) bond motifs is 12. The van der Waals surface area contributed by atoms with Crippen molar-refractivity contribution in [2.75, 3.05) is 9.80 Å². The smallest absolute Gasteiger partial charge is 0.252 e. The van der Waals surface area contributed by atoms with Crippen LogP contribution in [0.5, 0.6) is 0 Å². The molecule has 17 aromatic carbocycles. The zero-order valence-electron chi connectivity index (χ0n) is 63.0. The molecule has 0 fully saturated rings. The normalized spacial score (nSPS) is 12.7. The van der Waals surface area contributed by atoms with Gasteiger partial charge in [-0.25, -0.2) is 0 Å². The summed E-state index contributed by atoms with van der Waals surface area (Å²) in [6.45, 7) is 13.8. The fourth-order valence-corrected chi connectivity index (χ4v) is 18.4. The van der Waals surface area contributed by atoms with E-state index in [2.05, 4.69) is 420 Å². The Hall–Kier alpha value is -13.5. The third kappa shape index (κ3) is 10.7. The highest BCUT2D eigenvalue weighted by Gasteiger charge is 2.47. The van der Waals surface area contributed by atoms with Crippen LogP contribution in [0, 0.1) is 0 Å². The minimum absolute atomic E-state index is 0.219. The van der Waals surface area contributed by atoms with Gasteiger partial charge in [0.1, 0.15) is 11.2 Å². The number of furan rings is 1. The van der Waals surface area contributed by atoms with E-state index in [1.165, 1.54) is 76.5 Å². The van der Waals surface area contributed by atoms with Crippen molar-refractivity contribution in [3.05, 3.63) is 375 Å². The molecule has 0 spiro atoms. The predicted molar refractivity (Wildman–Crippen MR) is 473 cm³/mol. The first-order valence-electron chi connectivity index (χ1n) is 38.9. The summed E-state index contributed by atoms with van der Waals surface area (Å²) in [5.41, 5.74) is 33.3. The van der Waals surface area contributed by atoms with Crippen molar-refractivity contribution < 1.29 is 4.42 Å². The van der Waals surface area contributed by atoms with Gasteiger partial charge in [-0.3, -0.25) is 0 Å². The van der Waals surface area contributed by atoms with E-state index in [9.17, 15) is 0 Å². The molecule has 0 saturated carbocycles.